The largest absolute Gasteiger partial charge is 0.493 e. The van der Waals surface area contributed by atoms with Crippen LogP contribution in [0, 0.1) is 5.82 Å². The number of fused-ring (bicyclic) bond motifs is 1. The van der Waals surface area contributed by atoms with Gasteiger partial charge in [0.05, 0.1) is 25.5 Å². The zero-order valence-electron chi connectivity index (χ0n) is 23.6. The molecule has 4 aromatic rings. The van der Waals surface area contributed by atoms with Gasteiger partial charge in [0.15, 0.2) is 17.2 Å². The zero-order chi connectivity index (χ0) is 31.3. The van der Waals surface area contributed by atoms with E-state index in [9.17, 15) is 27.5 Å². The Hall–Kier alpha value is -4.72. The molecule has 1 aliphatic heterocycles. The Bertz CT molecular complexity index is 1690. The molecule has 10 nitrogen and oxygen atoms in total. The molecule has 0 bridgehead atoms. The topological polar surface area (TPSA) is 121 Å². The first kappa shape index (κ1) is 29.4. The maximum Gasteiger partial charge on any atom is 0.419 e. The minimum absolute atomic E-state index is 0.0423. The van der Waals surface area contributed by atoms with E-state index in [1.54, 1.807) is 12.1 Å². The number of ether oxygens (including phenoxy) is 3. The van der Waals surface area contributed by atoms with Crippen molar-refractivity contribution in [2.75, 3.05) is 20.3 Å². The third-order valence-corrected chi connectivity index (χ3v) is 7.68. The van der Waals surface area contributed by atoms with Crippen LogP contribution in [-0.2, 0) is 11.1 Å². The van der Waals surface area contributed by atoms with Crippen molar-refractivity contribution < 1.29 is 41.7 Å². The van der Waals surface area contributed by atoms with Crippen LogP contribution in [0.1, 0.15) is 41.4 Å². The van der Waals surface area contributed by atoms with Gasteiger partial charge < -0.3 is 24.6 Å². The SMILES string of the molecule is COc1cc(C(=O)NCC(C)(O)c2cc3c(c(-c4ccc(F)cc4)n2)OC[C@@]3(n2cnnc2)C(F)(F)F)ccc1OC1CC1. The molecule has 3 heterocycles. The Morgan fingerprint density at radius 2 is 1.82 bits per heavy atom. The smallest absolute Gasteiger partial charge is 0.419 e. The number of methoxy groups -OCH3 is 1. The van der Waals surface area contributed by atoms with Crippen LogP contribution in [0.25, 0.3) is 11.3 Å². The first-order chi connectivity index (χ1) is 20.9. The predicted octanol–water partition coefficient (Wildman–Crippen LogP) is 4.36. The van der Waals surface area contributed by atoms with Crippen LogP contribution < -0.4 is 19.5 Å². The molecule has 1 amide bonds. The van der Waals surface area contributed by atoms with Gasteiger partial charge in [-0.2, -0.15) is 13.2 Å². The van der Waals surface area contributed by atoms with E-state index in [0.717, 1.165) is 48.3 Å². The molecule has 1 fully saturated rings. The van der Waals surface area contributed by atoms with E-state index in [2.05, 4.69) is 20.5 Å². The Morgan fingerprint density at radius 3 is 2.45 bits per heavy atom. The maximum absolute atomic E-state index is 14.9. The fourth-order valence-corrected chi connectivity index (χ4v) is 5.03. The van der Waals surface area contributed by atoms with Crippen molar-refractivity contribution in [1.29, 1.82) is 0 Å². The fourth-order valence-electron chi connectivity index (χ4n) is 5.03. The fraction of sp³-hybridized carbons (Fsp3) is 0.333. The third kappa shape index (κ3) is 5.19. The molecule has 2 atom stereocenters. The van der Waals surface area contributed by atoms with Gasteiger partial charge in [0, 0.05) is 16.7 Å². The molecule has 2 aromatic heterocycles. The van der Waals surface area contributed by atoms with Gasteiger partial charge in [0.2, 0.25) is 5.54 Å². The van der Waals surface area contributed by atoms with Crippen LogP contribution in [0.5, 0.6) is 17.2 Å². The molecule has 1 saturated carbocycles. The van der Waals surface area contributed by atoms with Gasteiger partial charge in [0.25, 0.3) is 5.91 Å². The maximum atomic E-state index is 14.9. The van der Waals surface area contributed by atoms with Gasteiger partial charge in [-0.05, 0) is 68.3 Å². The summed E-state index contributed by atoms with van der Waals surface area (Å²) < 4.78 is 76.1. The number of hydrogen-bond acceptors (Lipinski definition) is 8. The summed E-state index contributed by atoms with van der Waals surface area (Å²) >= 11 is 0. The predicted molar refractivity (Wildman–Crippen MR) is 147 cm³/mol. The lowest BCUT2D eigenvalue weighted by Gasteiger charge is -2.32. The van der Waals surface area contributed by atoms with Crippen molar-refractivity contribution in [2.24, 2.45) is 0 Å². The second kappa shape index (κ2) is 10.8. The van der Waals surface area contributed by atoms with E-state index in [1.807, 2.05) is 0 Å². The van der Waals surface area contributed by atoms with Crippen LogP contribution in [0.2, 0.25) is 0 Å². The summed E-state index contributed by atoms with van der Waals surface area (Å²) in [4.78, 5) is 17.5. The van der Waals surface area contributed by atoms with Gasteiger partial charge >= 0.3 is 6.18 Å². The zero-order valence-corrected chi connectivity index (χ0v) is 23.6. The molecule has 0 spiro atoms. The van der Waals surface area contributed by atoms with E-state index in [1.165, 1.54) is 32.2 Å². The lowest BCUT2D eigenvalue weighted by atomic mass is 9.87. The molecule has 6 rings (SSSR count). The molecule has 1 unspecified atom stereocenters. The number of aliphatic hydroxyl groups is 1. The number of carbonyl (C=O) groups excluding carboxylic acids is 1. The summed E-state index contributed by atoms with van der Waals surface area (Å²) in [6.45, 7) is 0.0352. The second-order valence-electron chi connectivity index (χ2n) is 10.9. The molecule has 44 heavy (non-hydrogen) atoms. The molecular formula is C30H27F4N5O5. The van der Waals surface area contributed by atoms with Gasteiger partial charge in [-0.15, -0.1) is 10.2 Å². The molecule has 2 aromatic carbocycles. The monoisotopic (exact) mass is 613 g/mol. The highest BCUT2D eigenvalue weighted by molar-refractivity contribution is 5.95. The van der Waals surface area contributed by atoms with Crippen LogP contribution in [0.4, 0.5) is 17.6 Å². The van der Waals surface area contributed by atoms with E-state index in [4.69, 9.17) is 14.2 Å². The van der Waals surface area contributed by atoms with Crippen LogP contribution in [0.3, 0.4) is 0 Å². The summed E-state index contributed by atoms with van der Waals surface area (Å²) in [7, 11) is 1.45. The summed E-state index contributed by atoms with van der Waals surface area (Å²) in [6, 6.07) is 10.7. The molecule has 1 aliphatic carbocycles. The number of aromatic nitrogens is 4. The van der Waals surface area contributed by atoms with E-state index in [0.29, 0.717) is 11.5 Å². The van der Waals surface area contributed by atoms with Crippen molar-refractivity contribution in [3.8, 4) is 28.5 Å². The molecule has 230 valence electrons. The Kier molecular flexibility index (Phi) is 7.19. The average Bonchev–Trinajstić information content (AvgIpc) is 3.46. The summed E-state index contributed by atoms with van der Waals surface area (Å²) in [6.07, 6.45) is -1.04. The summed E-state index contributed by atoms with van der Waals surface area (Å²) in [5.41, 5.74) is -4.83. The molecular weight excluding hydrogens is 586 g/mol. The van der Waals surface area contributed by atoms with Gasteiger partial charge in [-0.25, -0.2) is 9.37 Å². The Labute approximate surface area is 248 Å². The highest BCUT2D eigenvalue weighted by Gasteiger charge is 2.63. The number of amides is 1. The van der Waals surface area contributed by atoms with Crippen LogP contribution in [-0.4, -0.2) is 63.3 Å². The lowest BCUT2D eigenvalue weighted by molar-refractivity contribution is -0.202. The quantitative estimate of drug-likeness (QED) is 0.267. The van der Waals surface area contributed by atoms with Gasteiger partial charge in [0.1, 0.15) is 36.4 Å². The van der Waals surface area contributed by atoms with Crippen molar-refractivity contribution in [1.82, 2.24) is 25.1 Å². The average molecular weight is 614 g/mol. The van der Waals surface area contributed by atoms with Crippen molar-refractivity contribution in [2.45, 2.75) is 43.2 Å². The Balaban J connectivity index is 1.37. The van der Waals surface area contributed by atoms with Crippen molar-refractivity contribution >= 4 is 5.91 Å². The highest BCUT2D eigenvalue weighted by Crippen LogP contribution is 2.53. The first-order valence-corrected chi connectivity index (χ1v) is 13.6. The number of rotatable bonds is 9. The number of carbonyl (C=O) groups is 1. The van der Waals surface area contributed by atoms with Crippen LogP contribution >= 0.6 is 0 Å². The normalized spacial score (nSPS) is 19.1. The minimum atomic E-state index is -4.90. The Morgan fingerprint density at radius 1 is 1.11 bits per heavy atom. The van der Waals surface area contributed by atoms with E-state index >= 15 is 0 Å². The van der Waals surface area contributed by atoms with E-state index in [-0.39, 0.29) is 39.9 Å². The molecule has 0 radical (unpaired) electrons. The highest BCUT2D eigenvalue weighted by atomic mass is 19.4. The number of nitrogens with one attached hydrogen (secondary N) is 1. The molecule has 2 N–H and O–H groups in total. The summed E-state index contributed by atoms with van der Waals surface area (Å²) in [5, 5.41) is 21.3. The molecule has 0 saturated heterocycles. The van der Waals surface area contributed by atoms with Crippen molar-refractivity contribution in [3.05, 3.63) is 83.8 Å². The van der Waals surface area contributed by atoms with Crippen molar-refractivity contribution in [3.63, 3.8) is 0 Å². The number of halogens is 4. The standard InChI is InChI=1S/C30H27F4N5O5/c1-28(41,13-35-27(40)18-5-10-22(23(11-18)42-2)44-20-8-9-20)24-12-21-26(25(38-24)17-3-6-19(31)7-4-17)43-14-29(21,30(32,33)34)39-15-36-37-16-39/h3-7,10-12,15-16,20,41H,8-9,13-14H2,1-2H3,(H,35,40)/t28?,29-/m0/s1. The van der Waals surface area contributed by atoms with Gasteiger partial charge in [-0.3, -0.25) is 9.36 Å². The second-order valence-corrected chi connectivity index (χ2v) is 10.9. The van der Waals surface area contributed by atoms with E-state index < -0.39 is 42.2 Å². The number of pyridine rings is 1. The number of hydrogen-bond donors (Lipinski definition) is 2. The number of benzene rings is 2. The lowest BCUT2D eigenvalue weighted by Crippen LogP contribution is -2.49. The van der Waals surface area contributed by atoms with Crippen LogP contribution in [0.15, 0.2) is 61.2 Å². The number of nitrogens with zero attached hydrogens (tertiary/aromatic N) is 4. The number of alkyl halides is 3. The first-order valence-electron chi connectivity index (χ1n) is 13.6. The minimum Gasteiger partial charge on any atom is -0.493 e. The summed E-state index contributed by atoms with van der Waals surface area (Å²) in [5.74, 6) is -0.462. The van der Waals surface area contributed by atoms with Gasteiger partial charge in [-0.1, -0.05) is 0 Å². The molecule has 2 aliphatic rings. The third-order valence-electron chi connectivity index (χ3n) is 7.68. The molecule has 14 heteroatoms.